The maximum atomic E-state index is 14.1. The van der Waals surface area contributed by atoms with Crippen molar-refractivity contribution in [1.82, 2.24) is 10.2 Å². The Bertz CT molecular complexity index is 953. The van der Waals surface area contributed by atoms with Crippen molar-refractivity contribution in [3.05, 3.63) is 64.7 Å². The number of carbonyl (C=O) groups excluding carboxylic acids is 3. The summed E-state index contributed by atoms with van der Waals surface area (Å²) >= 11 is 5.95. The molecule has 0 aliphatic carbocycles. The molecule has 2 N–H and O–H groups in total. The van der Waals surface area contributed by atoms with Crippen LogP contribution in [0.4, 0.5) is 19.3 Å². The minimum absolute atomic E-state index is 0.287. The number of nitrogens with one attached hydrogen (secondary N) is 2. The molecule has 6 nitrogen and oxygen atoms in total. The molecule has 1 aliphatic rings. The standard InChI is InChI=1S/C18H14ClF2N3O3/c1-18(11-8-10(20)6-7-13(11)21)16(26)24(17(27)23-18)9-15(25)22-14-5-3-2-4-12(14)19/h2-8H,9H2,1H3,(H,22,25)(H,23,27)/t18-/m1/s1. The van der Waals surface area contributed by atoms with Crippen LogP contribution in [0.1, 0.15) is 12.5 Å². The number of hydrogen-bond acceptors (Lipinski definition) is 3. The number of nitrogens with zero attached hydrogens (tertiary/aromatic N) is 1. The Labute approximate surface area is 158 Å². The van der Waals surface area contributed by atoms with Crippen LogP contribution < -0.4 is 10.6 Å². The fourth-order valence-corrected chi connectivity index (χ4v) is 2.98. The summed E-state index contributed by atoms with van der Waals surface area (Å²) in [5, 5.41) is 5.09. The molecule has 27 heavy (non-hydrogen) atoms. The van der Waals surface area contributed by atoms with Crippen molar-refractivity contribution < 1.29 is 23.2 Å². The molecule has 4 amide bonds. The SMILES string of the molecule is C[C@]1(c2cc(F)ccc2F)NC(=O)N(CC(=O)Nc2ccccc2Cl)C1=O. The third-order valence-corrected chi connectivity index (χ3v) is 4.52. The van der Waals surface area contributed by atoms with E-state index in [1.54, 1.807) is 24.3 Å². The fourth-order valence-electron chi connectivity index (χ4n) is 2.80. The Balaban J connectivity index is 1.81. The Kier molecular flexibility index (Phi) is 4.84. The van der Waals surface area contributed by atoms with E-state index in [0.717, 1.165) is 18.2 Å². The summed E-state index contributed by atoms with van der Waals surface area (Å²) in [7, 11) is 0. The quantitative estimate of drug-likeness (QED) is 0.784. The van der Waals surface area contributed by atoms with Crippen molar-refractivity contribution in [2.45, 2.75) is 12.5 Å². The molecule has 3 rings (SSSR count). The van der Waals surface area contributed by atoms with Crippen LogP contribution in [0.25, 0.3) is 0 Å². The number of rotatable bonds is 4. The fraction of sp³-hybridized carbons (Fsp3) is 0.167. The van der Waals surface area contributed by atoms with E-state index in [1.165, 1.54) is 6.92 Å². The van der Waals surface area contributed by atoms with Crippen LogP contribution in [0.3, 0.4) is 0 Å². The highest BCUT2D eigenvalue weighted by molar-refractivity contribution is 6.33. The van der Waals surface area contributed by atoms with Crippen LogP contribution in [0.15, 0.2) is 42.5 Å². The van der Waals surface area contributed by atoms with E-state index in [-0.39, 0.29) is 10.6 Å². The lowest BCUT2D eigenvalue weighted by Crippen LogP contribution is -2.42. The van der Waals surface area contributed by atoms with E-state index in [1.807, 2.05) is 0 Å². The maximum absolute atomic E-state index is 14.1. The van der Waals surface area contributed by atoms with Gasteiger partial charge in [-0.3, -0.25) is 14.5 Å². The van der Waals surface area contributed by atoms with Crippen LogP contribution in [0.2, 0.25) is 5.02 Å². The zero-order chi connectivity index (χ0) is 19.8. The van der Waals surface area contributed by atoms with Gasteiger partial charge >= 0.3 is 6.03 Å². The van der Waals surface area contributed by atoms with Crippen LogP contribution in [0, 0.1) is 11.6 Å². The van der Waals surface area contributed by atoms with Crippen molar-refractivity contribution >= 4 is 35.1 Å². The van der Waals surface area contributed by atoms with Crippen molar-refractivity contribution in [1.29, 1.82) is 0 Å². The Morgan fingerprint density at radius 1 is 1.22 bits per heavy atom. The Hall–Kier alpha value is -3.00. The highest BCUT2D eigenvalue weighted by Crippen LogP contribution is 2.31. The first kappa shape index (κ1) is 18.8. The van der Waals surface area contributed by atoms with E-state index in [9.17, 15) is 23.2 Å². The minimum atomic E-state index is -1.83. The zero-order valence-electron chi connectivity index (χ0n) is 14.1. The lowest BCUT2D eigenvalue weighted by molar-refractivity contribution is -0.133. The average Bonchev–Trinajstić information content (AvgIpc) is 2.83. The molecule has 0 spiro atoms. The van der Waals surface area contributed by atoms with Gasteiger partial charge in [0.1, 0.15) is 23.7 Å². The molecule has 140 valence electrons. The highest BCUT2D eigenvalue weighted by Gasteiger charge is 2.50. The van der Waals surface area contributed by atoms with E-state index < -0.39 is 41.6 Å². The molecule has 0 unspecified atom stereocenters. The number of carbonyl (C=O) groups is 3. The molecule has 1 aliphatic heterocycles. The summed E-state index contributed by atoms with van der Waals surface area (Å²) < 4.78 is 27.6. The molecule has 2 aromatic carbocycles. The first-order valence-electron chi connectivity index (χ1n) is 7.86. The highest BCUT2D eigenvalue weighted by atomic mass is 35.5. The molecule has 1 atom stereocenters. The molecular formula is C18H14ClF2N3O3. The number of para-hydroxylation sites is 1. The summed E-state index contributed by atoms with van der Waals surface area (Å²) in [5.41, 5.74) is -1.83. The van der Waals surface area contributed by atoms with Gasteiger partial charge < -0.3 is 10.6 Å². The van der Waals surface area contributed by atoms with Crippen molar-refractivity contribution in [2.75, 3.05) is 11.9 Å². The predicted molar refractivity (Wildman–Crippen MR) is 94.0 cm³/mol. The normalized spacial score (nSPS) is 19.2. The lowest BCUT2D eigenvalue weighted by atomic mass is 9.91. The molecule has 0 saturated carbocycles. The van der Waals surface area contributed by atoms with E-state index in [4.69, 9.17) is 11.6 Å². The van der Waals surface area contributed by atoms with Crippen molar-refractivity contribution in [2.24, 2.45) is 0 Å². The monoisotopic (exact) mass is 393 g/mol. The maximum Gasteiger partial charge on any atom is 0.325 e. The Morgan fingerprint density at radius 3 is 2.63 bits per heavy atom. The molecular weight excluding hydrogens is 380 g/mol. The second kappa shape index (κ2) is 6.96. The molecule has 1 saturated heterocycles. The molecule has 2 aromatic rings. The zero-order valence-corrected chi connectivity index (χ0v) is 14.8. The van der Waals surface area contributed by atoms with Crippen molar-refractivity contribution in [3.63, 3.8) is 0 Å². The predicted octanol–water partition coefficient (Wildman–Crippen LogP) is 3.02. The number of hydrogen-bond donors (Lipinski definition) is 2. The average molecular weight is 394 g/mol. The van der Waals surface area contributed by atoms with Gasteiger partial charge in [-0.2, -0.15) is 0 Å². The van der Waals surface area contributed by atoms with Crippen LogP contribution in [0.5, 0.6) is 0 Å². The minimum Gasteiger partial charge on any atom is -0.323 e. The number of imide groups is 1. The van der Waals surface area contributed by atoms with Gasteiger partial charge in [0.05, 0.1) is 10.7 Å². The van der Waals surface area contributed by atoms with Gasteiger partial charge in [-0.25, -0.2) is 13.6 Å². The second-order valence-corrected chi connectivity index (χ2v) is 6.51. The summed E-state index contributed by atoms with van der Waals surface area (Å²) in [5.74, 6) is -3.15. The van der Waals surface area contributed by atoms with Crippen LogP contribution in [-0.2, 0) is 15.1 Å². The molecule has 9 heteroatoms. The molecule has 0 bridgehead atoms. The third kappa shape index (κ3) is 3.48. The van der Waals surface area contributed by atoms with Gasteiger partial charge in [0, 0.05) is 5.56 Å². The summed E-state index contributed by atoms with van der Waals surface area (Å²) in [4.78, 5) is 37.7. The number of halogens is 3. The summed E-state index contributed by atoms with van der Waals surface area (Å²) in [6, 6.07) is 8.15. The summed E-state index contributed by atoms with van der Waals surface area (Å²) in [6.45, 7) is 0.638. The van der Waals surface area contributed by atoms with Gasteiger partial charge in [-0.05, 0) is 37.3 Å². The lowest BCUT2D eigenvalue weighted by Gasteiger charge is -2.22. The van der Waals surface area contributed by atoms with E-state index in [2.05, 4.69) is 10.6 Å². The van der Waals surface area contributed by atoms with Crippen molar-refractivity contribution in [3.8, 4) is 0 Å². The van der Waals surface area contributed by atoms with Gasteiger partial charge in [-0.15, -0.1) is 0 Å². The second-order valence-electron chi connectivity index (χ2n) is 6.10. The molecule has 1 fully saturated rings. The number of benzene rings is 2. The molecule has 1 heterocycles. The topological polar surface area (TPSA) is 78.5 Å². The first-order chi connectivity index (χ1) is 12.7. The number of anilines is 1. The van der Waals surface area contributed by atoms with Gasteiger partial charge in [0.15, 0.2) is 0 Å². The third-order valence-electron chi connectivity index (χ3n) is 4.19. The number of urea groups is 1. The molecule has 0 aromatic heterocycles. The van der Waals surface area contributed by atoms with E-state index in [0.29, 0.717) is 10.6 Å². The first-order valence-corrected chi connectivity index (χ1v) is 8.24. The van der Waals surface area contributed by atoms with Gasteiger partial charge in [-0.1, -0.05) is 23.7 Å². The smallest absolute Gasteiger partial charge is 0.323 e. The number of amides is 4. The van der Waals surface area contributed by atoms with Gasteiger partial charge in [0.25, 0.3) is 5.91 Å². The van der Waals surface area contributed by atoms with Gasteiger partial charge in [0.2, 0.25) is 5.91 Å². The largest absolute Gasteiger partial charge is 0.325 e. The van der Waals surface area contributed by atoms with Crippen LogP contribution >= 0.6 is 11.6 Å². The summed E-state index contributed by atoms with van der Waals surface area (Å²) in [6.07, 6.45) is 0. The van der Waals surface area contributed by atoms with Crippen LogP contribution in [-0.4, -0.2) is 29.3 Å². The molecule has 0 radical (unpaired) electrons. The Morgan fingerprint density at radius 2 is 1.93 bits per heavy atom. The van der Waals surface area contributed by atoms with E-state index >= 15 is 0 Å².